The van der Waals surface area contributed by atoms with Crippen molar-refractivity contribution < 1.29 is 9.31 Å². The molecule has 0 radical (unpaired) electrons. The van der Waals surface area contributed by atoms with E-state index in [-0.39, 0.29) is 18.3 Å². The Hall–Kier alpha value is -3.02. The van der Waals surface area contributed by atoms with Crippen LogP contribution in [0.1, 0.15) is 27.7 Å². The second kappa shape index (κ2) is 7.29. The third-order valence-corrected chi connectivity index (χ3v) is 6.34. The van der Waals surface area contributed by atoms with Crippen molar-refractivity contribution in [1.82, 2.24) is 9.97 Å². The molecular weight excluding hydrogens is 383 g/mol. The van der Waals surface area contributed by atoms with Crippen molar-refractivity contribution in [3.05, 3.63) is 78.9 Å². The predicted octanol–water partition coefficient (Wildman–Crippen LogP) is 5.26. The molecule has 0 bridgehead atoms. The van der Waals surface area contributed by atoms with Crippen LogP contribution in [0.15, 0.2) is 78.9 Å². The minimum Gasteiger partial charge on any atom is -0.399 e. The highest BCUT2D eigenvalue weighted by Crippen LogP contribution is 2.36. The minimum atomic E-state index is -0.374. The molecular formula is C26H25BN2O2. The number of benzene rings is 3. The molecule has 5 heteroatoms. The van der Waals surface area contributed by atoms with Gasteiger partial charge in [0.15, 0.2) is 5.82 Å². The van der Waals surface area contributed by atoms with Crippen molar-refractivity contribution in [1.29, 1.82) is 0 Å². The van der Waals surface area contributed by atoms with Gasteiger partial charge in [0.2, 0.25) is 0 Å². The first-order valence-electron chi connectivity index (χ1n) is 10.6. The molecule has 31 heavy (non-hydrogen) atoms. The van der Waals surface area contributed by atoms with Crippen molar-refractivity contribution in [2.75, 3.05) is 0 Å². The summed E-state index contributed by atoms with van der Waals surface area (Å²) in [6.07, 6.45) is 0. The van der Waals surface area contributed by atoms with Crippen LogP contribution < -0.4 is 5.46 Å². The Balaban J connectivity index is 1.55. The first-order chi connectivity index (χ1) is 14.8. The molecule has 1 saturated heterocycles. The van der Waals surface area contributed by atoms with Crippen LogP contribution in [0.3, 0.4) is 0 Å². The third kappa shape index (κ3) is 3.54. The smallest absolute Gasteiger partial charge is 0.399 e. The standard InChI is InChI=1S/C26H25BN2O2/c1-25(2)26(3,4)31-27(30-25)20-16-14-18(15-17-20)23-21-12-8-9-13-22(21)28-24(29-23)19-10-6-5-7-11-19/h5-17H,1-4H3. The summed E-state index contributed by atoms with van der Waals surface area (Å²) in [5.41, 5.74) is 4.18. The van der Waals surface area contributed by atoms with Gasteiger partial charge >= 0.3 is 7.12 Å². The monoisotopic (exact) mass is 408 g/mol. The van der Waals surface area contributed by atoms with Crippen molar-refractivity contribution in [2.24, 2.45) is 0 Å². The molecule has 4 nitrogen and oxygen atoms in total. The fraction of sp³-hybridized carbons (Fsp3) is 0.231. The molecule has 0 N–H and O–H groups in total. The Morgan fingerprint density at radius 3 is 1.94 bits per heavy atom. The Labute approximate surface area is 183 Å². The largest absolute Gasteiger partial charge is 0.494 e. The average molecular weight is 408 g/mol. The maximum atomic E-state index is 6.20. The summed E-state index contributed by atoms with van der Waals surface area (Å²) in [5, 5.41) is 1.03. The number of hydrogen-bond acceptors (Lipinski definition) is 4. The van der Waals surface area contributed by atoms with Crippen molar-refractivity contribution in [3.8, 4) is 22.6 Å². The summed E-state index contributed by atoms with van der Waals surface area (Å²) < 4.78 is 12.4. The van der Waals surface area contributed by atoms with E-state index in [0.717, 1.165) is 39.0 Å². The lowest BCUT2D eigenvalue weighted by molar-refractivity contribution is 0.00578. The number of hydrogen-bond donors (Lipinski definition) is 0. The predicted molar refractivity (Wildman–Crippen MR) is 126 cm³/mol. The zero-order chi connectivity index (χ0) is 21.6. The average Bonchev–Trinajstić information content (AvgIpc) is 3.00. The summed E-state index contributed by atoms with van der Waals surface area (Å²) >= 11 is 0. The van der Waals surface area contributed by atoms with Gasteiger partial charge in [0.05, 0.1) is 22.4 Å². The zero-order valence-electron chi connectivity index (χ0n) is 18.3. The molecule has 1 aromatic heterocycles. The molecule has 0 unspecified atom stereocenters. The number of rotatable bonds is 3. The molecule has 0 amide bonds. The van der Waals surface area contributed by atoms with Gasteiger partial charge in [-0.05, 0) is 39.2 Å². The van der Waals surface area contributed by atoms with E-state index in [2.05, 4.69) is 58.0 Å². The first-order valence-corrected chi connectivity index (χ1v) is 10.6. The second-order valence-corrected chi connectivity index (χ2v) is 8.99. The number of aromatic nitrogens is 2. The van der Waals surface area contributed by atoms with Crippen molar-refractivity contribution in [3.63, 3.8) is 0 Å². The molecule has 154 valence electrons. The fourth-order valence-corrected chi connectivity index (χ4v) is 3.79. The molecule has 0 aliphatic carbocycles. The van der Waals surface area contributed by atoms with Gasteiger partial charge in [0.1, 0.15) is 0 Å². The quantitative estimate of drug-likeness (QED) is 0.434. The second-order valence-electron chi connectivity index (χ2n) is 8.99. The maximum absolute atomic E-state index is 6.20. The van der Waals surface area contributed by atoms with Crippen LogP contribution in [0.5, 0.6) is 0 Å². The highest BCUT2D eigenvalue weighted by Gasteiger charge is 2.51. The van der Waals surface area contributed by atoms with E-state index in [1.807, 2.05) is 48.5 Å². The fourth-order valence-electron chi connectivity index (χ4n) is 3.79. The van der Waals surface area contributed by atoms with Crippen LogP contribution in [0, 0.1) is 0 Å². The van der Waals surface area contributed by atoms with Crippen LogP contribution in [-0.4, -0.2) is 28.3 Å². The van der Waals surface area contributed by atoms with Gasteiger partial charge in [0, 0.05) is 16.5 Å². The third-order valence-electron chi connectivity index (χ3n) is 6.34. The molecule has 2 heterocycles. The van der Waals surface area contributed by atoms with Crippen LogP contribution >= 0.6 is 0 Å². The van der Waals surface area contributed by atoms with Crippen molar-refractivity contribution >= 4 is 23.5 Å². The van der Waals surface area contributed by atoms with E-state index in [1.165, 1.54) is 0 Å². The van der Waals surface area contributed by atoms with Gasteiger partial charge in [-0.25, -0.2) is 9.97 Å². The van der Waals surface area contributed by atoms with E-state index in [4.69, 9.17) is 19.3 Å². The molecule has 0 atom stereocenters. The minimum absolute atomic E-state index is 0.357. The highest BCUT2D eigenvalue weighted by atomic mass is 16.7. The normalized spacial score (nSPS) is 17.2. The summed E-state index contributed by atoms with van der Waals surface area (Å²) in [7, 11) is -0.374. The lowest BCUT2D eigenvalue weighted by Crippen LogP contribution is -2.41. The molecule has 0 saturated carbocycles. The number of fused-ring (bicyclic) bond motifs is 1. The molecule has 3 aromatic carbocycles. The Morgan fingerprint density at radius 1 is 0.645 bits per heavy atom. The summed E-state index contributed by atoms with van der Waals surface area (Å²) in [6.45, 7) is 8.28. The Bertz CT molecular complexity index is 1220. The van der Waals surface area contributed by atoms with E-state index in [1.54, 1.807) is 0 Å². The Morgan fingerprint density at radius 2 is 1.26 bits per heavy atom. The molecule has 0 spiro atoms. The SMILES string of the molecule is CC1(C)OB(c2ccc(-c3nc(-c4ccccc4)nc4ccccc34)cc2)OC1(C)C. The van der Waals surface area contributed by atoms with Crippen LogP contribution in [0.2, 0.25) is 0 Å². The molecule has 1 fully saturated rings. The molecule has 1 aliphatic heterocycles. The van der Waals surface area contributed by atoms with Gasteiger partial charge in [-0.15, -0.1) is 0 Å². The topological polar surface area (TPSA) is 44.2 Å². The Kier molecular flexibility index (Phi) is 4.69. The van der Waals surface area contributed by atoms with Crippen molar-refractivity contribution in [2.45, 2.75) is 38.9 Å². The van der Waals surface area contributed by atoms with Gasteiger partial charge in [-0.2, -0.15) is 0 Å². The van der Waals surface area contributed by atoms with Crippen LogP contribution in [0.4, 0.5) is 0 Å². The van der Waals surface area contributed by atoms with E-state index >= 15 is 0 Å². The van der Waals surface area contributed by atoms with E-state index in [9.17, 15) is 0 Å². The number of nitrogens with zero attached hydrogens (tertiary/aromatic N) is 2. The van der Waals surface area contributed by atoms with E-state index < -0.39 is 0 Å². The summed E-state index contributed by atoms with van der Waals surface area (Å²) in [6, 6.07) is 26.5. The molecule has 1 aliphatic rings. The highest BCUT2D eigenvalue weighted by molar-refractivity contribution is 6.62. The number of para-hydroxylation sites is 1. The van der Waals surface area contributed by atoms with Gasteiger partial charge < -0.3 is 9.31 Å². The molecule has 5 rings (SSSR count). The zero-order valence-corrected chi connectivity index (χ0v) is 18.3. The summed E-state index contributed by atoms with van der Waals surface area (Å²) in [5.74, 6) is 0.726. The van der Waals surface area contributed by atoms with Crippen LogP contribution in [0.25, 0.3) is 33.5 Å². The van der Waals surface area contributed by atoms with Gasteiger partial charge in [-0.1, -0.05) is 72.8 Å². The summed E-state index contributed by atoms with van der Waals surface area (Å²) in [4.78, 5) is 9.73. The lowest BCUT2D eigenvalue weighted by atomic mass is 9.78. The van der Waals surface area contributed by atoms with Crippen LogP contribution in [-0.2, 0) is 9.31 Å². The lowest BCUT2D eigenvalue weighted by Gasteiger charge is -2.32. The van der Waals surface area contributed by atoms with Gasteiger partial charge in [-0.3, -0.25) is 0 Å². The van der Waals surface area contributed by atoms with E-state index in [0.29, 0.717) is 0 Å². The van der Waals surface area contributed by atoms with Gasteiger partial charge in [0.25, 0.3) is 0 Å². The first kappa shape index (κ1) is 19.9. The molecule has 4 aromatic rings. The maximum Gasteiger partial charge on any atom is 0.494 e.